The summed E-state index contributed by atoms with van der Waals surface area (Å²) in [4.78, 5) is 41.0. The third-order valence-corrected chi connectivity index (χ3v) is 6.40. The summed E-state index contributed by atoms with van der Waals surface area (Å²) in [5, 5.41) is 28.8. The molecular formula is C28H43N7O5. The van der Waals surface area contributed by atoms with E-state index >= 15 is 0 Å². The predicted octanol–water partition coefficient (Wildman–Crippen LogP) is -0.630. The SMILES string of the molecule is CNCCN(CCN)C(=O)C(Cc1cc(-c2ccc(O)cc2)ccc1O)NC(=O)[C@H](CCCN)NC(=O)[C@H](C)N. The topological polar surface area (TPSA) is 209 Å². The molecule has 12 nitrogen and oxygen atoms in total. The Morgan fingerprint density at radius 2 is 1.55 bits per heavy atom. The number of phenolic OH excluding ortho intramolecular Hbond substituents is 2. The molecule has 0 heterocycles. The van der Waals surface area contributed by atoms with Gasteiger partial charge < -0.3 is 48.3 Å². The second kappa shape index (κ2) is 16.4. The molecule has 0 bridgehead atoms. The highest BCUT2D eigenvalue weighted by Gasteiger charge is 2.30. The van der Waals surface area contributed by atoms with Crippen LogP contribution in [0.3, 0.4) is 0 Å². The van der Waals surface area contributed by atoms with Crippen LogP contribution in [0.2, 0.25) is 0 Å². The molecule has 2 aromatic carbocycles. The largest absolute Gasteiger partial charge is 0.508 e. The van der Waals surface area contributed by atoms with E-state index in [1.807, 2.05) is 0 Å². The Morgan fingerprint density at radius 1 is 0.900 bits per heavy atom. The van der Waals surface area contributed by atoms with E-state index in [1.165, 1.54) is 13.0 Å². The first-order valence-corrected chi connectivity index (χ1v) is 13.4. The third kappa shape index (κ3) is 9.79. The van der Waals surface area contributed by atoms with Gasteiger partial charge in [-0.2, -0.15) is 0 Å². The summed E-state index contributed by atoms with van der Waals surface area (Å²) in [5.74, 6) is -1.35. The first-order valence-electron chi connectivity index (χ1n) is 13.4. The maximum atomic E-state index is 13.7. The van der Waals surface area contributed by atoms with Crippen molar-refractivity contribution in [2.75, 3.05) is 39.8 Å². The molecule has 0 saturated heterocycles. The Labute approximate surface area is 235 Å². The third-order valence-electron chi connectivity index (χ3n) is 6.40. The van der Waals surface area contributed by atoms with Gasteiger partial charge in [0.15, 0.2) is 0 Å². The Bertz CT molecular complexity index is 1110. The van der Waals surface area contributed by atoms with E-state index in [1.54, 1.807) is 48.3 Å². The number of carbonyl (C=O) groups excluding carboxylic acids is 3. The highest BCUT2D eigenvalue weighted by Crippen LogP contribution is 2.28. The number of hydrogen-bond acceptors (Lipinski definition) is 9. The van der Waals surface area contributed by atoms with Gasteiger partial charge in [0.25, 0.3) is 0 Å². The van der Waals surface area contributed by atoms with Crippen LogP contribution in [0.15, 0.2) is 42.5 Å². The van der Waals surface area contributed by atoms with Crippen LogP contribution in [0.4, 0.5) is 0 Å². The molecule has 40 heavy (non-hydrogen) atoms. The van der Waals surface area contributed by atoms with E-state index in [0.717, 1.165) is 11.1 Å². The lowest BCUT2D eigenvalue weighted by Crippen LogP contribution is -2.57. The van der Waals surface area contributed by atoms with Gasteiger partial charge >= 0.3 is 0 Å². The van der Waals surface area contributed by atoms with Crippen LogP contribution in [0, 0.1) is 0 Å². The summed E-state index contributed by atoms with van der Waals surface area (Å²) in [5.41, 5.74) is 19.1. The summed E-state index contributed by atoms with van der Waals surface area (Å²) in [7, 11) is 1.76. The van der Waals surface area contributed by atoms with Crippen LogP contribution in [-0.2, 0) is 20.8 Å². The van der Waals surface area contributed by atoms with Gasteiger partial charge in [-0.25, -0.2) is 0 Å². The van der Waals surface area contributed by atoms with Gasteiger partial charge in [0.1, 0.15) is 23.6 Å². The zero-order valence-electron chi connectivity index (χ0n) is 23.2. The molecule has 2 aromatic rings. The molecule has 0 aromatic heterocycles. The number of phenols is 2. The molecule has 12 heteroatoms. The molecule has 0 aliphatic carbocycles. The molecule has 0 aliphatic heterocycles. The number of nitrogens with zero attached hydrogens (tertiary/aromatic N) is 1. The number of carbonyl (C=O) groups is 3. The molecule has 0 radical (unpaired) electrons. The summed E-state index contributed by atoms with van der Waals surface area (Å²) < 4.78 is 0. The van der Waals surface area contributed by atoms with Crippen molar-refractivity contribution in [1.82, 2.24) is 20.9 Å². The summed E-state index contributed by atoms with van der Waals surface area (Å²) in [6, 6.07) is 8.72. The highest BCUT2D eigenvalue weighted by molar-refractivity contribution is 5.93. The standard InChI is InChI=1S/C28H43N7O5/c1-18(31)26(38)33-23(4-3-11-29)27(39)34-24(28(40)35(14-12-30)15-13-32-2)17-21-16-20(7-10-25(21)37)19-5-8-22(36)9-6-19/h5-10,16,18,23-24,32,36-37H,3-4,11-15,17,29-31H2,1-2H3,(H,33,38)(H,34,39)/t18-,23-,24?/m0/s1. The highest BCUT2D eigenvalue weighted by atomic mass is 16.3. The number of nitrogens with one attached hydrogen (secondary N) is 3. The predicted molar refractivity (Wildman–Crippen MR) is 154 cm³/mol. The molecule has 2 rings (SSSR count). The minimum atomic E-state index is -1.07. The van der Waals surface area contributed by atoms with E-state index in [0.29, 0.717) is 31.6 Å². The van der Waals surface area contributed by atoms with Gasteiger partial charge in [0, 0.05) is 32.6 Å². The smallest absolute Gasteiger partial charge is 0.245 e. The van der Waals surface area contributed by atoms with E-state index in [9.17, 15) is 24.6 Å². The Hall–Kier alpha value is -3.71. The molecule has 0 saturated carbocycles. The number of rotatable bonds is 16. The molecular weight excluding hydrogens is 514 g/mol. The van der Waals surface area contributed by atoms with Crippen molar-refractivity contribution in [3.05, 3.63) is 48.0 Å². The monoisotopic (exact) mass is 557 g/mol. The van der Waals surface area contributed by atoms with Crippen LogP contribution >= 0.6 is 0 Å². The number of benzene rings is 2. The van der Waals surface area contributed by atoms with Crippen LogP contribution in [-0.4, -0.2) is 90.7 Å². The number of nitrogens with two attached hydrogens (primary N) is 3. The van der Waals surface area contributed by atoms with Gasteiger partial charge in [-0.1, -0.05) is 18.2 Å². The summed E-state index contributed by atoms with van der Waals surface area (Å²) in [6.45, 7) is 3.18. The number of amides is 3. The Morgan fingerprint density at radius 3 is 2.15 bits per heavy atom. The van der Waals surface area contributed by atoms with Crippen molar-refractivity contribution < 1.29 is 24.6 Å². The zero-order chi connectivity index (χ0) is 29.7. The molecule has 0 fully saturated rings. The lowest BCUT2D eigenvalue weighted by atomic mass is 9.97. The first-order chi connectivity index (χ1) is 19.1. The van der Waals surface area contributed by atoms with Crippen molar-refractivity contribution in [2.24, 2.45) is 17.2 Å². The second-order valence-electron chi connectivity index (χ2n) is 9.65. The minimum absolute atomic E-state index is 0.0200. The first kappa shape index (κ1) is 32.5. The van der Waals surface area contributed by atoms with Crippen LogP contribution in [0.5, 0.6) is 11.5 Å². The lowest BCUT2D eigenvalue weighted by molar-refractivity contribution is -0.137. The van der Waals surface area contributed by atoms with Crippen molar-refractivity contribution in [1.29, 1.82) is 0 Å². The van der Waals surface area contributed by atoms with Gasteiger partial charge in [-0.3, -0.25) is 14.4 Å². The molecule has 220 valence electrons. The van der Waals surface area contributed by atoms with E-state index in [2.05, 4.69) is 16.0 Å². The summed E-state index contributed by atoms with van der Waals surface area (Å²) in [6.07, 6.45) is 0.705. The van der Waals surface area contributed by atoms with Crippen molar-refractivity contribution in [3.63, 3.8) is 0 Å². The van der Waals surface area contributed by atoms with Crippen LogP contribution < -0.4 is 33.2 Å². The lowest BCUT2D eigenvalue weighted by Gasteiger charge is -2.29. The maximum Gasteiger partial charge on any atom is 0.245 e. The molecule has 0 aliphatic rings. The molecule has 3 atom stereocenters. The van der Waals surface area contributed by atoms with E-state index < -0.39 is 29.9 Å². The second-order valence-corrected chi connectivity index (χ2v) is 9.65. The van der Waals surface area contributed by atoms with Crippen molar-refractivity contribution in [2.45, 2.75) is 44.3 Å². The zero-order valence-corrected chi connectivity index (χ0v) is 23.2. The number of hydrogen-bond donors (Lipinski definition) is 8. The van der Waals surface area contributed by atoms with Gasteiger partial charge in [0.05, 0.1) is 6.04 Å². The fourth-order valence-corrected chi connectivity index (χ4v) is 4.12. The van der Waals surface area contributed by atoms with Crippen LogP contribution in [0.25, 0.3) is 11.1 Å². The summed E-state index contributed by atoms with van der Waals surface area (Å²) >= 11 is 0. The number of likely N-dealkylation sites (N-methyl/N-ethyl adjacent to an activating group) is 1. The molecule has 0 spiro atoms. The average molecular weight is 558 g/mol. The normalized spacial score (nSPS) is 13.2. The van der Waals surface area contributed by atoms with Crippen molar-refractivity contribution in [3.8, 4) is 22.6 Å². The van der Waals surface area contributed by atoms with Crippen molar-refractivity contribution >= 4 is 17.7 Å². The number of aromatic hydroxyl groups is 2. The minimum Gasteiger partial charge on any atom is -0.508 e. The van der Waals surface area contributed by atoms with Gasteiger partial charge in [-0.05, 0) is 74.3 Å². The molecule has 3 amide bonds. The molecule has 1 unspecified atom stereocenters. The maximum absolute atomic E-state index is 13.7. The van der Waals surface area contributed by atoms with Gasteiger partial charge in [0.2, 0.25) is 17.7 Å². The Balaban J connectivity index is 2.42. The molecule has 11 N–H and O–H groups in total. The van der Waals surface area contributed by atoms with E-state index in [-0.39, 0.29) is 43.3 Å². The van der Waals surface area contributed by atoms with Gasteiger partial charge in [-0.15, -0.1) is 0 Å². The quantitative estimate of drug-likeness (QED) is 0.132. The average Bonchev–Trinajstić information content (AvgIpc) is 2.93. The Kier molecular flexibility index (Phi) is 13.3. The fraction of sp³-hybridized carbons (Fsp3) is 0.464. The van der Waals surface area contributed by atoms with E-state index in [4.69, 9.17) is 17.2 Å². The fourth-order valence-electron chi connectivity index (χ4n) is 4.12. The van der Waals surface area contributed by atoms with Crippen LogP contribution in [0.1, 0.15) is 25.3 Å².